The molecular weight excluding hydrogens is 575 g/mol. The second-order valence-corrected chi connectivity index (χ2v) is 31.3. The van der Waals surface area contributed by atoms with Crippen LogP contribution in [-0.2, 0) is 23.8 Å². The van der Waals surface area contributed by atoms with Crippen molar-refractivity contribution >= 4 is 41.5 Å². The van der Waals surface area contributed by atoms with E-state index in [1.165, 1.54) is 27.8 Å². The third-order valence-electron chi connectivity index (χ3n) is 8.29. The smallest absolute Gasteiger partial charge is 0.147 e. The Morgan fingerprint density at radius 1 is 0.722 bits per heavy atom. The molecule has 0 bridgehead atoms. The van der Waals surface area contributed by atoms with Gasteiger partial charge < -0.3 is 0 Å². The Bertz CT molecular complexity index is 1520. The molecule has 2 aliphatic rings. The normalized spacial score (nSPS) is 13.8. The maximum atomic E-state index is 2.46. The monoisotopic (exact) mass is 604 g/mol. The molecule has 36 heavy (non-hydrogen) atoms. The van der Waals surface area contributed by atoms with Crippen LogP contribution >= 0.6 is 24.8 Å². The summed E-state index contributed by atoms with van der Waals surface area (Å²) in [5, 5.41) is 0. The van der Waals surface area contributed by atoms with Gasteiger partial charge in [-0.3, -0.25) is 0 Å². The average Bonchev–Trinajstić information content (AvgIpc) is 3.53. The molecule has 2 aliphatic carbocycles. The minimum atomic E-state index is -4.24. The molecule has 0 unspecified atom stereocenters. The summed E-state index contributed by atoms with van der Waals surface area (Å²) in [6.45, 7) is 6.96. The fourth-order valence-corrected chi connectivity index (χ4v) is 30.5. The van der Waals surface area contributed by atoms with Crippen LogP contribution in [0.5, 0.6) is 0 Å². The van der Waals surface area contributed by atoms with E-state index in [1.807, 2.05) is 0 Å². The van der Waals surface area contributed by atoms with Crippen LogP contribution < -0.4 is 9.81 Å². The molecule has 0 spiro atoms. The van der Waals surface area contributed by atoms with Gasteiger partial charge in [-0.15, -0.1) is 24.8 Å². The van der Waals surface area contributed by atoms with Crippen LogP contribution in [0.1, 0.15) is 28.7 Å². The number of benzene rings is 4. The molecule has 0 amide bonds. The van der Waals surface area contributed by atoms with E-state index >= 15 is 0 Å². The van der Waals surface area contributed by atoms with Crippen molar-refractivity contribution in [2.24, 2.45) is 0 Å². The van der Waals surface area contributed by atoms with Gasteiger partial charge in [0.25, 0.3) is 0 Å². The first-order valence-corrected chi connectivity index (χ1v) is 23.1. The molecule has 4 aromatic rings. The molecule has 4 heteroatoms. The Hall–Kier alpha value is -1.96. The van der Waals surface area contributed by atoms with Crippen LogP contribution in [0.2, 0.25) is 0 Å². The van der Waals surface area contributed by atoms with E-state index in [9.17, 15) is 0 Å². The van der Waals surface area contributed by atoms with Crippen LogP contribution in [0.3, 0.4) is 0 Å². The molecule has 0 nitrogen and oxygen atoms in total. The summed E-state index contributed by atoms with van der Waals surface area (Å²) in [6.07, 6.45) is 9.20. The molecule has 0 saturated carbocycles. The average molecular weight is 607 g/mol. The zero-order chi connectivity index (χ0) is 23.4. The molecule has 182 valence electrons. The third-order valence-corrected chi connectivity index (χ3v) is 34.6. The number of aryl methyl sites for hydroxylation is 2. The molecule has 4 aromatic carbocycles. The van der Waals surface area contributed by atoms with Gasteiger partial charge in [0.05, 0.1) is 0 Å². The van der Waals surface area contributed by atoms with Crippen molar-refractivity contribution in [2.75, 3.05) is 0 Å². The number of allylic oxidation sites excluding steroid dienone is 4. The van der Waals surface area contributed by atoms with Crippen LogP contribution in [0.25, 0.3) is 11.1 Å². The quantitative estimate of drug-likeness (QED) is 0.218. The van der Waals surface area contributed by atoms with Gasteiger partial charge in [0.15, 0.2) is 0 Å². The van der Waals surface area contributed by atoms with E-state index in [0.717, 1.165) is 12.8 Å². The second-order valence-electron chi connectivity index (χ2n) is 10.1. The van der Waals surface area contributed by atoms with Crippen LogP contribution in [-0.4, -0.2) is 6.88 Å². The Morgan fingerprint density at radius 2 is 1.33 bits per heavy atom. The fourth-order valence-electron chi connectivity index (χ4n) is 6.75. The first-order chi connectivity index (χ1) is 16.5. The topological polar surface area (TPSA) is 0 Å². The summed E-state index contributed by atoms with van der Waals surface area (Å²) < 4.78 is 6.42. The number of halogens is 2. The standard InChI is InChI=1S/C15H13.2C6H5.C5H5.2ClH.H2Si.Zr/c1-10-3-5-14-12(7-10)9-13-8-11(2)4-6-15(13)14;2*1-2-4-6-5-3-1;1-2-4-5-3-1;;;;/h3-7H,9H2,1-2H3;2*1-5H;1-3H,4H2;2*1H;1H2;. The van der Waals surface area contributed by atoms with Gasteiger partial charge in [-0.2, -0.15) is 0 Å². The van der Waals surface area contributed by atoms with Crippen molar-refractivity contribution < 1.29 is 17.4 Å². The molecule has 6 rings (SSSR count). The molecule has 0 aliphatic heterocycles. The Labute approximate surface area is 229 Å². The fraction of sp³-hybridized carbons (Fsp3) is 0.125. The van der Waals surface area contributed by atoms with Crippen molar-refractivity contribution in [3.63, 3.8) is 0 Å². The number of rotatable bonds is 4. The van der Waals surface area contributed by atoms with Crippen molar-refractivity contribution in [1.29, 1.82) is 0 Å². The first-order valence-electron chi connectivity index (χ1n) is 12.2. The minimum Gasteiger partial charge on any atom is -0.147 e. The first kappa shape index (κ1) is 27.1. The molecule has 0 saturated heterocycles. The maximum Gasteiger partial charge on any atom is -0.147 e. The molecule has 0 N–H and O–H groups in total. The number of fused-ring (bicyclic) bond motifs is 3. The molecule has 0 fully saturated rings. The molecule has 0 aromatic heterocycles. The van der Waals surface area contributed by atoms with Gasteiger partial charge in [-0.05, 0) is 0 Å². The summed E-state index contributed by atoms with van der Waals surface area (Å²) in [7, 11) is 0. The minimum absolute atomic E-state index is 0. The Kier molecular flexibility index (Phi) is 7.58. The summed E-state index contributed by atoms with van der Waals surface area (Å²) >= 11 is -4.24. The Morgan fingerprint density at radius 3 is 1.92 bits per heavy atom. The SMILES string of the molecule is Cc1ccc2c(c1)Cc1c-2ccc(C)[c]1[Zr](=[SiH2])([C]1=CC=CC1)([c]1ccccc1)[c]1ccccc1.Cl.Cl. The largest absolute Gasteiger partial charge is 0.147 e. The second kappa shape index (κ2) is 10.1. The van der Waals surface area contributed by atoms with Crippen molar-refractivity contribution in [1.82, 2.24) is 0 Å². The molecule has 0 radical (unpaired) electrons. The number of hydrogen-bond acceptors (Lipinski definition) is 0. The summed E-state index contributed by atoms with van der Waals surface area (Å²) in [6, 6.07) is 34.8. The van der Waals surface area contributed by atoms with Crippen molar-refractivity contribution in [2.45, 2.75) is 26.7 Å². The third kappa shape index (κ3) is 3.72. The van der Waals surface area contributed by atoms with Crippen LogP contribution in [0.4, 0.5) is 0 Å². The maximum absolute atomic E-state index is 4.24. The molecule has 0 atom stereocenters. The number of hydrogen-bond donors (Lipinski definition) is 0. The van der Waals surface area contributed by atoms with Gasteiger partial charge in [-0.1, -0.05) is 0 Å². The van der Waals surface area contributed by atoms with E-state index in [1.54, 1.807) is 18.7 Å². The molecular formula is C32H32Cl2SiZr. The van der Waals surface area contributed by atoms with Gasteiger partial charge >= 0.3 is 207 Å². The van der Waals surface area contributed by atoms with Crippen LogP contribution in [0, 0.1) is 13.8 Å². The van der Waals surface area contributed by atoms with Gasteiger partial charge in [0.2, 0.25) is 0 Å². The van der Waals surface area contributed by atoms with E-state index in [2.05, 4.69) is 130 Å². The zero-order valence-electron chi connectivity index (χ0n) is 20.8. The van der Waals surface area contributed by atoms with Gasteiger partial charge in [-0.25, -0.2) is 0 Å². The predicted octanol–water partition coefficient (Wildman–Crippen LogP) is 6.08. The van der Waals surface area contributed by atoms with Gasteiger partial charge in [0.1, 0.15) is 0 Å². The van der Waals surface area contributed by atoms with E-state index in [4.69, 9.17) is 0 Å². The summed E-state index contributed by atoms with van der Waals surface area (Å²) in [5.74, 6) is 0. The van der Waals surface area contributed by atoms with E-state index in [0.29, 0.717) is 0 Å². The van der Waals surface area contributed by atoms with E-state index < -0.39 is 17.4 Å². The van der Waals surface area contributed by atoms with Crippen molar-refractivity contribution in [3.05, 3.63) is 135 Å². The van der Waals surface area contributed by atoms with Crippen molar-refractivity contribution in [3.8, 4) is 11.1 Å². The van der Waals surface area contributed by atoms with Crippen LogP contribution in [0.15, 0.2) is 113 Å². The zero-order valence-corrected chi connectivity index (χ0v) is 26.3. The summed E-state index contributed by atoms with van der Waals surface area (Å²) in [5.41, 5.74) is 8.72. The Balaban J connectivity index is 0.00000152. The molecule has 0 heterocycles. The van der Waals surface area contributed by atoms with Gasteiger partial charge in [0, 0.05) is 0 Å². The predicted molar refractivity (Wildman–Crippen MR) is 161 cm³/mol. The summed E-state index contributed by atoms with van der Waals surface area (Å²) in [4.78, 5) is 0. The van der Waals surface area contributed by atoms with E-state index in [-0.39, 0.29) is 24.8 Å².